The van der Waals surface area contributed by atoms with E-state index < -0.39 is 0 Å². The van der Waals surface area contributed by atoms with Crippen LogP contribution in [0.25, 0.3) is 32.7 Å². The molecule has 1 aromatic carbocycles. The Bertz CT molecular complexity index is 1270. The SMILES string of the molecule is NC(CNc1nc(-c2ccncc2)nc2c(-c3cc[nH]c3)csc12)Cc1ccccc1. The summed E-state index contributed by atoms with van der Waals surface area (Å²) < 4.78 is 1.03. The van der Waals surface area contributed by atoms with E-state index in [1.807, 2.05) is 42.7 Å². The molecule has 5 aromatic rings. The number of nitrogens with zero attached hydrogens (tertiary/aromatic N) is 3. The Labute approximate surface area is 184 Å². The molecule has 0 amide bonds. The van der Waals surface area contributed by atoms with Crippen LogP contribution in [0.2, 0.25) is 0 Å². The highest BCUT2D eigenvalue weighted by Crippen LogP contribution is 2.37. The number of rotatable bonds is 7. The number of anilines is 1. The standard InChI is InChI=1S/C24H22N6S/c25-19(12-16-4-2-1-3-5-16)14-28-24-22-21(20(15-31-22)18-8-11-27-13-18)29-23(30-24)17-6-9-26-10-7-17/h1-11,13,15,19,27H,12,14,25H2,(H,28,29,30). The molecule has 0 aliphatic carbocycles. The lowest BCUT2D eigenvalue weighted by atomic mass is 10.1. The molecular weight excluding hydrogens is 404 g/mol. The number of H-pyrrole nitrogens is 1. The Morgan fingerprint density at radius 1 is 1.00 bits per heavy atom. The second-order valence-electron chi connectivity index (χ2n) is 7.39. The van der Waals surface area contributed by atoms with Gasteiger partial charge < -0.3 is 16.0 Å². The van der Waals surface area contributed by atoms with Gasteiger partial charge in [0.2, 0.25) is 0 Å². The topological polar surface area (TPSA) is 92.5 Å². The minimum absolute atomic E-state index is 0.0269. The predicted octanol–water partition coefficient (Wildman–Crippen LogP) is 4.73. The zero-order valence-corrected chi connectivity index (χ0v) is 17.6. The van der Waals surface area contributed by atoms with Gasteiger partial charge in [-0.3, -0.25) is 4.98 Å². The highest BCUT2D eigenvalue weighted by molar-refractivity contribution is 7.18. The second kappa shape index (κ2) is 8.67. The van der Waals surface area contributed by atoms with Crippen molar-refractivity contribution in [2.45, 2.75) is 12.5 Å². The lowest BCUT2D eigenvalue weighted by molar-refractivity contribution is 0.698. The predicted molar refractivity (Wildman–Crippen MR) is 127 cm³/mol. The fourth-order valence-corrected chi connectivity index (χ4v) is 4.56. The van der Waals surface area contributed by atoms with Crippen LogP contribution in [0.1, 0.15) is 5.56 Å². The molecule has 0 fully saturated rings. The third kappa shape index (κ3) is 4.19. The Hall–Kier alpha value is -3.55. The summed E-state index contributed by atoms with van der Waals surface area (Å²) in [6.45, 7) is 0.619. The van der Waals surface area contributed by atoms with Crippen molar-refractivity contribution in [2.75, 3.05) is 11.9 Å². The number of pyridine rings is 1. The van der Waals surface area contributed by atoms with Crippen molar-refractivity contribution >= 4 is 27.4 Å². The van der Waals surface area contributed by atoms with E-state index in [1.54, 1.807) is 23.7 Å². The van der Waals surface area contributed by atoms with E-state index in [4.69, 9.17) is 15.7 Å². The van der Waals surface area contributed by atoms with E-state index >= 15 is 0 Å². The number of thiophene rings is 1. The summed E-state index contributed by atoms with van der Waals surface area (Å²) >= 11 is 1.64. The molecule has 154 valence electrons. The first-order valence-electron chi connectivity index (χ1n) is 10.1. The van der Waals surface area contributed by atoms with Crippen molar-refractivity contribution in [3.8, 4) is 22.5 Å². The number of nitrogens with one attached hydrogen (secondary N) is 2. The molecule has 1 unspecified atom stereocenters. The molecule has 6 nitrogen and oxygen atoms in total. The van der Waals surface area contributed by atoms with Gasteiger partial charge in [0.05, 0.1) is 10.2 Å². The lowest BCUT2D eigenvalue weighted by Crippen LogP contribution is -2.31. The molecular formula is C24H22N6S. The van der Waals surface area contributed by atoms with Gasteiger partial charge in [-0.2, -0.15) is 0 Å². The van der Waals surface area contributed by atoms with E-state index in [9.17, 15) is 0 Å². The van der Waals surface area contributed by atoms with Gasteiger partial charge >= 0.3 is 0 Å². The molecule has 7 heteroatoms. The van der Waals surface area contributed by atoms with E-state index in [0.29, 0.717) is 12.4 Å². The molecule has 0 bridgehead atoms. The maximum absolute atomic E-state index is 6.41. The van der Waals surface area contributed by atoms with Crippen molar-refractivity contribution in [3.05, 3.63) is 84.3 Å². The first-order chi connectivity index (χ1) is 15.3. The highest BCUT2D eigenvalue weighted by atomic mass is 32.1. The van der Waals surface area contributed by atoms with E-state index in [-0.39, 0.29) is 6.04 Å². The van der Waals surface area contributed by atoms with Crippen molar-refractivity contribution < 1.29 is 0 Å². The molecule has 4 aromatic heterocycles. The number of benzene rings is 1. The molecule has 0 spiro atoms. The van der Waals surface area contributed by atoms with Crippen molar-refractivity contribution in [1.29, 1.82) is 0 Å². The second-order valence-corrected chi connectivity index (χ2v) is 8.27. The van der Waals surface area contributed by atoms with Gasteiger partial charge in [-0.05, 0) is 30.2 Å². The maximum atomic E-state index is 6.41. The van der Waals surface area contributed by atoms with Crippen molar-refractivity contribution in [3.63, 3.8) is 0 Å². The van der Waals surface area contributed by atoms with Gasteiger partial charge in [0.1, 0.15) is 5.82 Å². The number of aromatic amines is 1. The van der Waals surface area contributed by atoms with Crippen molar-refractivity contribution in [1.82, 2.24) is 19.9 Å². The van der Waals surface area contributed by atoms with Gasteiger partial charge in [0.15, 0.2) is 5.82 Å². The first kappa shape index (κ1) is 19.4. The smallest absolute Gasteiger partial charge is 0.162 e. The number of nitrogens with two attached hydrogens (primary N) is 1. The monoisotopic (exact) mass is 426 g/mol. The van der Waals surface area contributed by atoms with Crippen LogP contribution in [0.4, 0.5) is 5.82 Å². The summed E-state index contributed by atoms with van der Waals surface area (Å²) in [5.41, 5.74) is 11.7. The Morgan fingerprint density at radius 2 is 1.84 bits per heavy atom. The molecule has 0 aliphatic rings. The Kier molecular flexibility index (Phi) is 5.43. The van der Waals surface area contributed by atoms with Gasteiger partial charge in [-0.25, -0.2) is 9.97 Å². The van der Waals surface area contributed by atoms with E-state index in [0.717, 1.165) is 39.1 Å². The summed E-state index contributed by atoms with van der Waals surface area (Å²) in [4.78, 5) is 17.0. The van der Waals surface area contributed by atoms with Crippen LogP contribution < -0.4 is 11.1 Å². The number of hydrogen-bond acceptors (Lipinski definition) is 6. The van der Waals surface area contributed by atoms with Crippen LogP contribution in [-0.2, 0) is 6.42 Å². The Balaban J connectivity index is 1.49. The lowest BCUT2D eigenvalue weighted by Gasteiger charge is -2.14. The fraction of sp³-hybridized carbons (Fsp3) is 0.125. The third-order valence-electron chi connectivity index (χ3n) is 5.14. The number of aromatic nitrogens is 4. The quantitative estimate of drug-likeness (QED) is 0.350. The minimum atomic E-state index is -0.0269. The fourth-order valence-electron chi connectivity index (χ4n) is 3.58. The molecule has 0 radical (unpaired) electrons. The Morgan fingerprint density at radius 3 is 2.61 bits per heavy atom. The van der Waals surface area contributed by atoms with E-state index in [1.165, 1.54) is 5.56 Å². The van der Waals surface area contributed by atoms with Crippen LogP contribution >= 0.6 is 11.3 Å². The molecule has 4 N–H and O–H groups in total. The molecule has 0 aliphatic heterocycles. The summed E-state index contributed by atoms with van der Waals surface area (Å²) in [7, 11) is 0. The molecule has 1 atom stereocenters. The van der Waals surface area contributed by atoms with Gasteiger partial charge in [-0.15, -0.1) is 11.3 Å². The molecule has 4 heterocycles. The summed E-state index contributed by atoms with van der Waals surface area (Å²) in [6, 6.07) is 16.2. The maximum Gasteiger partial charge on any atom is 0.162 e. The van der Waals surface area contributed by atoms with Crippen LogP contribution in [0, 0.1) is 0 Å². The summed E-state index contributed by atoms with van der Waals surface area (Å²) in [6.07, 6.45) is 8.22. The first-order valence-corrected chi connectivity index (χ1v) is 11.0. The largest absolute Gasteiger partial charge is 0.367 e. The average Bonchev–Trinajstić information content (AvgIpc) is 3.48. The van der Waals surface area contributed by atoms with Crippen LogP contribution in [-0.4, -0.2) is 32.5 Å². The highest BCUT2D eigenvalue weighted by Gasteiger charge is 2.16. The van der Waals surface area contributed by atoms with Gasteiger partial charge in [-0.1, -0.05) is 30.3 Å². The zero-order chi connectivity index (χ0) is 21.0. The third-order valence-corrected chi connectivity index (χ3v) is 6.11. The van der Waals surface area contributed by atoms with Crippen molar-refractivity contribution in [2.24, 2.45) is 5.73 Å². The summed E-state index contributed by atoms with van der Waals surface area (Å²) in [5.74, 6) is 1.48. The van der Waals surface area contributed by atoms with E-state index in [2.05, 4.69) is 38.9 Å². The average molecular weight is 427 g/mol. The van der Waals surface area contributed by atoms with Gasteiger partial charge in [0.25, 0.3) is 0 Å². The molecule has 0 saturated heterocycles. The van der Waals surface area contributed by atoms with Crippen LogP contribution in [0.5, 0.6) is 0 Å². The zero-order valence-electron chi connectivity index (χ0n) is 16.8. The minimum Gasteiger partial charge on any atom is -0.367 e. The molecule has 5 rings (SSSR count). The normalized spacial score (nSPS) is 12.2. The van der Waals surface area contributed by atoms with Crippen LogP contribution in [0.3, 0.4) is 0 Å². The summed E-state index contributed by atoms with van der Waals surface area (Å²) in [5, 5.41) is 5.62. The molecule has 31 heavy (non-hydrogen) atoms. The van der Waals surface area contributed by atoms with Crippen LogP contribution in [0.15, 0.2) is 78.7 Å². The van der Waals surface area contributed by atoms with Gasteiger partial charge in [0, 0.05) is 59.4 Å². The number of hydrogen-bond donors (Lipinski definition) is 3. The molecule has 0 saturated carbocycles. The number of fused-ring (bicyclic) bond motifs is 1.